The van der Waals surface area contributed by atoms with Crippen molar-refractivity contribution in [1.29, 1.82) is 5.26 Å². The molecule has 3 aromatic rings. The molecule has 146 valence electrons. The summed E-state index contributed by atoms with van der Waals surface area (Å²) in [4.78, 5) is 16.5. The quantitative estimate of drug-likeness (QED) is 0.536. The van der Waals surface area contributed by atoms with E-state index >= 15 is 0 Å². The van der Waals surface area contributed by atoms with Crippen molar-refractivity contribution in [2.24, 2.45) is 0 Å². The molecule has 0 radical (unpaired) electrons. The van der Waals surface area contributed by atoms with Crippen LogP contribution in [0.15, 0.2) is 66.9 Å². The van der Waals surface area contributed by atoms with Crippen LogP contribution in [0.1, 0.15) is 41.3 Å². The van der Waals surface area contributed by atoms with E-state index in [1.54, 1.807) is 43.5 Å². The van der Waals surface area contributed by atoms with Crippen molar-refractivity contribution >= 4 is 5.97 Å². The van der Waals surface area contributed by atoms with Gasteiger partial charge in [0, 0.05) is 17.7 Å². The van der Waals surface area contributed by atoms with E-state index in [1.165, 1.54) is 5.56 Å². The molecule has 1 unspecified atom stereocenters. The van der Waals surface area contributed by atoms with E-state index in [2.05, 4.69) is 30.1 Å². The second kappa shape index (κ2) is 9.52. The summed E-state index contributed by atoms with van der Waals surface area (Å²) in [5.41, 5.74) is 3.07. The number of nitriles is 1. The number of benzene rings is 2. The maximum Gasteiger partial charge on any atom is 0.340 e. The third-order valence-corrected chi connectivity index (χ3v) is 4.53. The third-order valence-electron chi connectivity index (χ3n) is 4.53. The van der Waals surface area contributed by atoms with E-state index < -0.39 is 5.97 Å². The van der Waals surface area contributed by atoms with E-state index in [0.717, 1.165) is 0 Å². The number of pyridine rings is 1. The van der Waals surface area contributed by atoms with Gasteiger partial charge in [0.05, 0.1) is 30.0 Å². The van der Waals surface area contributed by atoms with Crippen LogP contribution in [-0.2, 0) is 4.74 Å². The molecule has 0 saturated carbocycles. The van der Waals surface area contributed by atoms with Gasteiger partial charge in [-0.05, 0) is 42.8 Å². The lowest BCUT2D eigenvalue weighted by Gasteiger charge is -2.15. The topological polar surface area (TPSA) is 72.2 Å². The predicted molar refractivity (Wildman–Crippen MR) is 111 cm³/mol. The van der Waals surface area contributed by atoms with Gasteiger partial charge < -0.3 is 9.47 Å². The van der Waals surface area contributed by atoms with Crippen molar-refractivity contribution in [2.75, 3.05) is 13.2 Å². The smallest absolute Gasteiger partial charge is 0.340 e. The van der Waals surface area contributed by atoms with Crippen LogP contribution in [0.2, 0.25) is 0 Å². The van der Waals surface area contributed by atoms with Gasteiger partial charge in [0.25, 0.3) is 0 Å². The molecule has 1 heterocycles. The number of hydrogen-bond acceptors (Lipinski definition) is 5. The molecule has 0 bridgehead atoms. The normalized spacial score (nSPS) is 11.3. The minimum atomic E-state index is -0.439. The minimum Gasteiger partial charge on any atom is -0.492 e. The van der Waals surface area contributed by atoms with Gasteiger partial charge in [0.15, 0.2) is 0 Å². The van der Waals surface area contributed by atoms with Crippen molar-refractivity contribution < 1.29 is 14.3 Å². The van der Waals surface area contributed by atoms with Crippen LogP contribution in [0, 0.1) is 11.3 Å². The lowest BCUT2D eigenvalue weighted by Crippen LogP contribution is -2.09. The molecule has 0 N–H and O–H groups in total. The van der Waals surface area contributed by atoms with E-state index in [4.69, 9.17) is 9.47 Å². The van der Waals surface area contributed by atoms with Crippen molar-refractivity contribution in [1.82, 2.24) is 4.98 Å². The van der Waals surface area contributed by atoms with Crippen LogP contribution < -0.4 is 4.74 Å². The second-order valence-electron chi connectivity index (χ2n) is 6.57. The number of aromatic nitrogens is 1. The predicted octanol–water partition coefficient (Wildman–Crippen LogP) is 4.98. The molecule has 1 aromatic heterocycles. The van der Waals surface area contributed by atoms with Gasteiger partial charge in [0.1, 0.15) is 11.8 Å². The summed E-state index contributed by atoms with van der Waals surface area (Å²) in [5, 5.41) is 9.59. The molecular formula is C24H22N2O3. The molecule has 0 aliphatic heterocycles. The van der Waals surface area contributed by atoms with Crippen LogP contribution in [0.4, 0.5) is 0 Å². The minimum absolute atomic E-state index is 0.189. The van der Waals surface area contributed by atoms with Crippen LogP contribution in [0.5, 0.6) is 5.75 Å². The Bertz CT molecular complexity index is 1030. The zero-order chi connectivity index (χ0) is 20.6. The Hall–Kier alpha value is -3.65. The summed E-state index contributed by atoms with van der Waals surface area (Å²) < 4.78 is 11.0. The average Bonchev–Trinajstić information content (AvgIpc) is 2.78. The largest absolute Gasteiger partial charge is 0.492 e. The van der Waals surface area contributed by atoms with E-state index in [0.29, 0.717) is 34.7 Å². The lowest BCUT2D eigenvalue weighted by atomic mass is 10.0. The molecule has 2 aromatic carbocycles. The molecule has 5 heteroatoms. The Kier molecular flexibility index (Phi) is 6.59. The zero-order valence-corrected chi connectivity index (χ0v) is 16.5. The van der Waals surface area contributed by atoms with Gasteiger partial charge in [0.2, 0.25) is 0 Å². The first-order valence-corrected chi connectivity index (χ1v) is 9.48. The molecular weight excluding hydrogens is 364 g/mol. The maximum absolute atomic E-state index is 12.2. The fraction of sp³-hybridized carbons (Fsp3) is 0.208. The highest BCUT2D eigenvalue weighted by Gasteiger charge is 2.17. The number of rotatable bonds is 7. The summed E-state index contributed by atoms with van der Waals surface area (Å²) >= 11 is 0. The highest BCUT2D eigenvalue weighted by molar-refractivity contribution is 5.96. The third kappa shape index (κ3) is 4.80. The number of hydrogen-bond donors (Lipinski definition) is 0. The van der Waals surface area contributed by atoms with Gasteiger partial charge in [-0.2, -0.15) is 5.26 Å². The van der Waals surface area contributed by atoms with Gasteiger partial charge in [-0.15, -0.1) is 0 Å². The zero-order valence-electron chi connectivity index (χ0n) is 16.5. The molecule has 0 aliphatic rings. The van der Waals surface area contributed by atoms with Crippen molar-refractivity contribution in [3.63, 3.8) is 0 Å². The van der Waals surface area contributed by atoms with Gasteiger partial charge >= 0.3 is 5.97 Å². The monoisotopic (exact) mass is 386 g/mol. The Balaban J connectivity index is 1.83. The van der Waals surface area contributed by atoms with Crippen molar-refractivity contribution in [2.45, 2.75) is 19.8 Å². The van der Waals surface area contributed by atoms with Gasteiger partial charge in [-0.1, -0.05) is 37.3 Å². The molecule has 0 fully saturated rings. The molecule has 29 heavy (non-hydrogen) atoms. The van der Waals surface area contributed by atoms with E-state index in [-0.39, 0.29) is 12.5 Å². The standard InChI is InChI=1S/C24H22N2O3/c1-3-28-24(27)21-10-7-13-26-23(21)19-11-12-22(20(14-19)15-25)29-16-17(2)18-8-5-4-6-9-18/h4-14,17H,3,16H2,1-2H3. The van der Waals surface area contributed by atoms with Crippen LogP contribution >= 0.6 is 0 Å². The fourth-order valence-corrected chi connectivity index (χ4v) is 2.99. The number of carbonyl (C=O) groups is 1. The van der Waals surface area contributed by atoms with E-state index in [1.807, 2.05) is 18.2 Å². The van der Waals surface area contributed by atoms with Crippen LogP contribution in [-0.4, -0.2) is 24.2 Å². The molecule has 0 spiro atoms. The summed E-state index contributed by atoms with van der Waals surface area (Å²) in [5.74, 6) is 0.257. The summed E-state index contributed by atoms with van der Waals surface area (Å²) in [6, 6.07) is 20.8. The molecule has 0 amide bonds. The fourth-order valence-electron chi connectivity index (χ4n) is 2.99. The summed E-state index contributed by atoms with van der Waals surface area (Å²) in [6.45, 7) is 4.57. The highest BCUT2D eigenvalue weighted by atomic mass is 16.5. The Morgan fingerprint density at radius 3 is 2.66 bits per heavy atom. The average molecular weight is 386 g/mol. The van der Waals surface area contributed by atoms with Crippen molar-refractivity contribution in [3.8, 4) is 23.1 Å². The second-order valence-corrected chi connectivity index (χ2v) is 6.57. The SMILES string of the molecule is CCOC(=O)c1cccnc1-c1ccc(OCC(C)c2ccccc2)c(C#N)c1. The number of esters is 1. The Morgan fingerprint density at radius 2 is 1.93 bits per heavy atom. The number of carbonyl (C=O) groups excluding carboxylic acids is 1. The number of ether oxygens (including phenoxy) is 2. The Labute approximate surface area is 170 Å². The van der Waals surface area contributed by atoms with Crippen LogP contribution in [0.3, 0.4) is 0 Å². The molecule has 0 aliphatic carbocycles. The van der Waals surface area contributed by atoms with Crippen molar-refractivity contribution in [3.05, 3.63) is 83.6 Å². The van der Waals surface area contributed by atoms with Crippen LogP contribution in [0.25, 0.3) is 11.3 Å². The first-order valence-electron chi connectivity index (χ1n) is 9.48. The molecule has 5 nitrogen and oxygen atoms in total. The van der Waals surface area contributed by atoms with E-state index in [9.17, 15) is 10.1 Å². The molecule has 0 saturated heterocycles. The highest BCUT2D eigenvalue weighted by Crippen LogP contribution is 2.28. The van der Waals surface area contributed by atoms with Gasteiger partial charge in [-0.3, -0.25) is 4.98 Å². The lowest BCUT2D eigenvalue weighted by molar-refractivity contribution is 0.0527. The first kappa shape index (κ1) is 20.1. The first-order chi connectivity index (χ1) is 14.1. The molecule has 1 atom stereocenters. The maximum atomic E-state index is 12.2. The summed E-state index contributed by atoms with van der Waals surface area (Å²) in [7, 11) is 0. The summed E-state index contributed by atoms with van der Waals surface area (Å²) in [6.07, 6.45) is 1.61. The number of nitrogens with zero attached hydrogens (tertiary/aromatic N) is 2. The van der Waals surface area contributed by atoms with Gasteiger partial charge in [-0.25, -0.2) is 4.79 Å². The Morgan fingerprint density at radius 1 is 1.14 bits per heavy atom. The molecule has 3 rings (SSSR count).